The molecule has 0 aliphatic carbocycles. The molecule has 0 N–H and O–H groups in total. The minimum Gasteiger partial charge on any atom is -0.466 e. The zero-order valence-corrected chi connectivity index (χ0v) is 12.5. The summed E-state index contributed by atoms with van der Waals surface area (Å²) < 4.78 is 30.3. The van der Waals surface area contributed by atoms with Gasteiger partial charge in [-0.3, -0.25) is 4.79 Å². The highest BCUT2D eigenvalue weighted by Gasteiger charge is 2.18. The second-order valence-electron chi connectivity index (χ2n) is 3.39. The van der Waals surface area contributed by atoms with Crippen molar-refractivity contribution in [3.05, 3.63) is 26.6 Å². The number of alkyl halides is 3. The first-order chi connectivity index (χ1) is 8.49. The van der Waals surface area contributed by atoms with Crippen LogP contribution < -0.4 is 0 Å². The quantitative estimate of drug-likeness (QED) is 0.335. The number of ether oxygens (including phenoxy) is 1. The fourth-order valence-electron chi connectivity index (χ4n) is 1.39. The van der Waals surface area contributed by atoms with Crippen molar-refractivity contribution in [1.29, 1.82) is 0 Å². The smallest absolute Gasteiger partial charge is 0.310 e. The molecule has 1 aromatic rings. The number of hydrogen-bond acceptors (Lipinski definition) is 3. The van der Waals surface area contributed by atoms with E-state index in [9.17, 15) is 13.6 Å². The zero-order valence-electron chi connectivity index (χ0n) is 9.55. The van der Waals surface area contributed by atoms with Gasteiger partial charge in [0.2, 0.25) is 0 Å². The molecule has 0 atom stereocenters. The maximum Gasteiger partial charge on any atom is 0.310 e. The van der Waals surface area contributed by atoms with Crippen LogP contribution in [-0.4, -0.2) is 17.6 Å². The van der Waals surface area contributed by atoms with Crippen LogP contribution in [-0.2, 0) is 21.8 Å². The van der Waals surface area contributed by atoms with Crippen LogP contribution in [0.4, 0.5) is 8.78 Å². The van der Waals surface area contributed by atoms with Gasteiger partial charge in [0.25, 0.3) is 6.43 Å². The van der Waals surface area contributed by atoms with Crippen molar-refractivity contribution < 1.29 is 18.3 Å². The van der Waals surface area contributed by atoms with Crippen LogP contribution in [0.1, 0.15) is 30.2 Å². The molecular formula is C11H11ClF2INO2. The summed E-state index contributed by atoms with van der Waals surface area (Å²) in [4.78, 5) is 15.2. The summed E-state index contributed by atoms with van der Waals surface area (Å²) in [5, 5.41) is 0. The van der Waals surface area contributed by atoms with E-state index in [1.54, 1.807) is 6.92 Å². The Labute approximate surface area is 122 Å². The maximum absolute atomic E-state index is 12.6. The second-order valence-corrected chi connectivity index (χ2v) is 4.68. The van der Waals surface area contributed by atoms with Gasteiger partial charge in [-0.15, -0.1) is 11.6 Å². The third-order valence-electron chi connectivity index (χ3n) is 2.18. The summed E-state index contributed by atoms with van der Waals surface area (Å²) in [5.74, 6) is -0.374. The van der Waals surface area contributed by atoms with Gasteiger partial charge >= 0.3 is 5.97 Å². The number of esters is 1. The van der Waals surface area contributed by atoms with Crippen LogP contribution in [0.5, 0.6) is 0 Å². The number of pyridine rings is 1. The number of halogens is 4. The van der Waals surface area contributed by atoms with Crippen molar-refractivity contribution in [2.75, 3.05) is 6.61 Å². The molecule has 0 fully saturated rings. The molecule has 0 spiro atoms. The third kappa shape index (κ3) is 4.01. The van der Waals surface area contributed by atoms with E-state index >= 15 is 0 Å². The number of rotatable bonds is 5. The number of carbonyl (C=O) groups excluding carboxylic acids is 1. The number of nitrogens with zero attached hydrogens (tertiary/aromatic N) is 1. The highest BCUT2D eigenvalue weighted by molar-refractivity contribution is 14.1. The normalized spacial score (nSPS) is 10.8. The predicted molar refractivity (Wildman–Crippen MR) is 71.8 cm³/mol. The van der Waals surface area contributed by atoms with E-state index in [0.29, 0.717) is 14.8 Å². The standard InChI is InChI=1S/C11H11ClF2INO2/c1-2-18-9(17)4-7-6(5-12)3-8(10(13)14)16-11(7)15/h3,10H,2,4-5H2,1H3. The molecule has 100 valence electrons. The van der Waals surface area contributed by atoms with Crippen molar-refractivity contribution in [2.24, 2.45) is 0 Å². The van der Waals surface area contributed by atoms with Gasteiger partial charge in [-0.25, -0.2) is 13.8 Å². The van der Waals surface area contributed by atoms with Gasteiger partial charge in [-0.05, 0) is 46.7 Å². The van der Waals surface area contributed by atoms with E-state index < -0.39 is 12.4 Å². The van der Waals surface area contributed by atoms with Crippen LogP contribution in [0, 0.1) is 3.70 Å². The average Bonchev–Trinajstić information content (AvgIpc) is 2.31. The van der Waals surface area contributed by atoms with Crippen molar-refractivity contribution in [3.8, 4) is 0 Å². The molecule has 1 rings (SSSR count). The summed E-state index contributed by atoms with van der Waals surface area (Å²) in [6.07, 6.45) is -2.66. The summed E-state index contributed by atoms with van der Waals surface area (Å²) in [6, 6.07) is 1.23. The molecule has 0 aliphatic heterocycles. The van der Waals surface area contributed by atoms with Crippen LogP contribution in [0.2, 0.25) is 0 Å². The van der Waals surface area contributed by atoms with Gasteiger partial charge in [0.1, 0.15) is 9.39 Å². The molecule has 0 radical (unpaired) electrons. The first kappa shape index (κ1) is 15.6. The van der Waals surface area contributed by atoms with Crippen LogP contribution >= 0.6 is 34.2 Å². The summed E-state index contributed by atoms with van der Waals surface area (Å²) >= 11 is 7.53. The molecule has 18 heavy (non-hydrogen) atoms. The first-order valence-electron chi connectivity index (χ1n) is 5.17. The van der Waals surface area contributed by atoms with Gasteiger partial charge in [-0.2, -0.15) is 0 Å². The molecule has 3 nitrogen and oxygen atoms in total. The average molecular weight is 390 g/mol. The number of aromatic nitrogens is 1. The summed E-state index contributed by atoms with van der Waals surface area (Å²) in [6.45, 7) is 1.97. The van der Waals surface area contributed by atoms with Gasteiger partial charge in [0.05, 0.1) is 13.0 Å². The van der Waals surface area contributed by atoms with Crippen molar-refractivity contribution in [2.45, 2.75) is 25.7 Å². The lowest BCUT2D eigenvalue weighted by Crippen LogP contribution is -2.12. The Kier molecular flexibility index (Phi) is 6.20. The van der Waals surface area contributed by atoms with Gasteiger partial charge in [0.15, 0.2) is 0 Å². The molecule has 1 aromatic heterocycles. The molecule has 1 heterocycles. The lowest BCUT2D eigenvalue weighted by atomic mass is 10.1. The highest BCUT2D eigenvalue weighted by atomic mass is 127. The van der Waals surface area contributed by atoms with Crippen LogP contribution in [0.25, 0.3) is 0 Å². The van der Waals surface area contributed by atoms with Crippen LogP contribution in [0.15, 0.2) is 6.07 Å². The Hall–Kier alpha value is -0.500. The number of carbonyl (C=O) groups is 1. The van der Waals surface area contributed by atoms with E-state index in [1.165, 1.54) is 6.07 Å². The Morgan fingerprint density at radius 1 is 1.61 bits per heavy atom. The molecule has 0 aliphatic rings. The SMILES string of the molecule is CCOC(=O)Cc1c(CCl)cc(C(F)F)nc1I. The molecule has 0 saturated heterocycles. The molecular weight excluding hydrogens is 378 g/mol. The Bertz CT molecular complexity index is 443. The largest absolute Gasteiger partial charge is 0.466 e. The molecule has 0 bridgehead atoms. The summed E-state index contributed by atoms with van der Waals surface area (Å²) in [7, 11) is 0. The van der Waals surface area contributed by atoms with Gasteiger partial charge in [-0.1, -0.05) is 0 Å². The van der Waals surface area contributed by atoms with E-state index in [-0.39, 0.29) is 24.6 Å². The van der Waals surface area contributed by atoms with E-state index in [0.717, 1.165) is 0 Å². The highest BCUT2D eigenvalue weighted by Crippen LogP contribution is 2.25. The van der Waals surface area contributed by atoms with E-state index in [1.807, 2.05) is 22.6 Å². The Balaban J connectivity index is 3.07. The predicted octanol–water partition coefficient (Wildman–Crippen LogP) is 3.47. The molecule has 0 aromatic carbocycles. The monoisotopic (exact) mass is 389 g/mol. The Morgan fingerprint density at radius 2 is 2.28 bits per heavy atom. The van der Waals surface area contributed by atoms with Crippen molar-refractivity contribution >= 4 is 40.2 Å². The Morgan fingerprint density at radius 3 is 2.78 bits per heavy atom. The lowest BCUT2D eigenvalue weighted by molar-refractivity contribution is -0.142. The lowest BCUT2D eigenvalue weighted by Gasteiger charge is -2.11. The van der Waals surface area contributed by atoms with Crippen LogP contribution in [0.3, 0.4) is 0 Å². The second kappa shape index (κ2) is 7.18. The fourth-order valence-corrected chi connectivity index (χ4v) is 2.44. The van der Waals surface area contributed by atoms with Gasteiger partial charge in [0, 0.05) is 5.88 Å². The summed E-state index contributed by atoms with van der Waals surface area (Å²) in [5.41, 5.74) is 0.704. The third-order valence-corrected chi connectivity index (χ3v) is 3.36. The van der Waals surface area contributed by atoms with E-state index in [2.05, 4.69) is 4.98 Å². The first-order valence-corrected chi connectivity index (χ1v) is 6.78. The molecule has 0 amide bonds. The van der Waals surface area contributed by atoms with Crippen molar-refractivity contribution in [1.82, 2.24) is 4.98 Å². The van der Waals surface area contributed by atoms with Crippen molar-refractivity contribution in [3.63, 3.8) is 0 Å². The molecule has 0 unspecified atom stereocenters. The zero-order chi connectivity index (χ0) is 13.7. The fraction of sp³-hybridized carbons (Fsp3) is 0.455. The molecule has 0 saturated carbocycles. The minimum atomic E-state index is -2.66. The topological polar surface area (TPSA) is 39.2 Å². The molecule has 7 heteroatoms. The number of hydrogen-bond donors (Lipinski definition) is 0. The minimum absolute atomic E-state index is 0.00924. The van der Waals surface area contributed by atoms with E-state index in [4.69, 9.17) is 16.3 Å². The van der Waals surface area contributed by atoms with Gasteiger partial charge < -0.3 is 4.74 Å². The maximum atomic E-state index is 12.6.